The number of carbonyl (C=O) groups excluding carboxylic acids is 2. The molecule has 3 aliphatic rings. The molecule has 8 atom stereocenters. The third-order valence-electron chi connectivity index (χ3n) is 10.3. The van der Waals surface area contributed by atoms with E-state index in [1.807, 2.05) is 0 Å². The number of aliphatic hydroxyl groups is 1. The summed E-state index contributed by atoms with van der Waals surface area (Å²) in [6.07, 6.45) is 8.08. The molecule has 1 heterocycles. The van der Waals surface area contributed by atoms with E-state index in [2.05, 4.69) is 44.8 Å². The van der Waals surface area contributed by atoms with Crippen molar-refractivity contribution < 1.29 is 24.6 Å². The van der Waals surface area contributed by atoms with Gasteiger partial charge < -0.3 is 15.1 Å². The number of ketones is 1. The summed E-state index contributed by atoms with van der Waals surface area (Å²) in [6, 6.07) is 1.79. The molecular weight excluding hydrogens is 476 g/mol. The van der Waals surface area contributed by atoms with Gasteiger partial charge in [0.25, 0.3) is 0 Å². The van der Waals surface area contributed by atoms with Crippen molar-refractivity contribution in [3.8, 4) is 0 Å². The zero-order valence-corrected chi connectivity index (χ0v) is 22.9. The maximum Gasteiger partial charge on any atom is 0.316 e. The molecule has 2 bridgehead atoms. The number of carbonyl (C=O) groups is 2. The Morgan fingerprint density at radius 2 is 2.06 bits per heavy atom. The highest BCUT2D eigenvalue weighted by Gasteiger charge is 2.68. The van der Waals surface area contributed by atoms with Gasteiger partial charge in [-0.3, -0.25) is 14.6 Å². The summed E-state index contributed by atoms with van der Waals surface area (Å²) in [6.45, 7) is 10.7. The minimum atomic E-state index is -0.563. The monoisotopic (exact) mass is 516 g/mol. The zero-order valence-electron chi connectivity index (χ0n) is 22.1. The van der Waals surface area contributed by atoms with E-state index >= 15 is 0 Å². The van der Waals surface area contributed by atoms with E-state index < -0.39 is 23.0 Å². The van der Waals surface area contributed by atoms with E-state index in [1.165, 1.54) is 18.0 Å². The Hall–Kier alpha value is -1.93. The number of oxime groups is 1. The molecular formula is C28H40N2O5S. The maximum absolute atomic E-state index is 13.5. The number of thioether (sulfide) groups is 1. The Balaban J connectivity index is 1.64. The first kappa shape index (κ1) is 27.1. The Bertz CT molecular complexity index is 1030. The van der Waals surface area contributed by atoms with Crippen LogP contribution in [0.15, 0.2) is 28.5 Å². The molecule has 3 fully saturated rings. The first-order chi connectivity index (χ1) is 17.0. The number of hydrogen-bond acceptors (Lipinski definition) is 8. The Kier molecular flexibility index (Phi) is 7.60. The molecule has 0 saturated heterocycles. The average Bonchev–Trinajstić information content (AvgIpc) is 3.22. The Labute approximate surface area is 218 Å². The Morgan fingerprint density at radius 1 is 1.31 bits per heavy atom. The van der Waals surface area contributed by atoms with Gasteiger partial charge in [0.2, 0.25) is 0 Å². The standard InChI is InChI=1S/C28H40N2O5S/c1-6-26(4)12-22(35-23(32)16-36-20-11-19(14-30-34)13-29-15-20)27(5)17(2)7-9-28(18(3)25(26)33)10-8-21(31)24(27)28/h11,13-15,17-18,22,24-25,33-34H,6-10,12,16H2,1-5H3/b30-14+/t17-,18+,22-,24?,25+,26-,27+,28+/m1/s1. The van der Waals surface area contributed by atoms with Crippen LogP contribution in [0.2, 0.25) is 0 Å². The number of pyridine rings is 1. The van der Waals surface area contributed by atoms with Crippen molar-refractivity contribution in [2.75, 3.05) is 5.75 Å². The number of aliphatic hydroxyl groups excluding tert-OH is 1. The maximum atomic E-state index is 13.5. The molecule has 0 radical (unpaired) electrons. The second-order valence-corrected chi connectivity index (χ2v) is 12.9. The summed E-state index contributed by atoms with van der Waals surface area (Å²) < 4.78 is 6.31. The van der Waals surface area contributed by atoms with Crippen LogP contribution in [0.25, 0.3) is 0 Å². The van der Waals surface area contributed by atoms with Crippen LogP contribution in [0, 0.1) is 34.0 Å². The minimum absolute atomic E-state index is 0.0140. The zero-order chi connectivity index (χ0) is 26.3. The van der Waals surface area contributed by atoms with Gasteiger partial charge in [-0.15, -0.1) is 11.8 Å². The molecule has 0 spiro atoms. The number of esters is 1. The molecule has 3 saturated carbocycles. The van der Waals surface area contributed by atoms with Gasteiger partial charge in [0.1, 0.15) is 11.9 Å². The molecule has 2 N–H and O–H groups in total. The van der Waals surface area contributed by atoms with Gasteiger partial charge in [0, 0.05) is 40.6 Å². The molecule has 1 aromatic rings. The lowest BCUT2D eigenvalue weighted by Crippen LogP contribution is -2.63. The van der Waals surface area contributed by atoms with Crippen molar-refractivity contribution in [1.82, 2.24) is 4.98 Å². The van der Waals surface area contributed by atoms with Gasteiger partial charge in [0.05, 0.1) is 18.1 Å². The van der Waals surface area contributed by atoms with Gasteiger partial charge in [-0.2, -0.15) is 0 Å². The van der Waals surface area contributed by atoms with Crippen molar-refractivity contribution in [3.05, 3.63) is 24.0 Å². The van der Waals surface area contributed by atoms with Gasteiger partial charge in [-0.25, -0.2) is 0 Å². The van der Waals surface area contributed by atoms with Crippen LogP contribution in [-0.2, 0) is 14.3 Å². The summed E-state index contributed by atoms with van der Waals surface area (Å²) in [5, 5.41) is 23.5. The SMILES string of the molecule is CC[C@]1(C)C[C@@H](OC(=O)CSc2cncc(/C=N/O)c2)[C@@]2(C)C3C(=O)CC[C@@]3(CC[C@H]2C)[C@@H](C)[C@@H]1O. The highest BCUT2D eigenvalue weighted by molar-refractivity contribution is 8.00. The second-order valence-electron chi connectivity index (χ2n) is 11.8. The molecule has 198 valence electrons. The van der Waals surface area contributed by atoms with Gasteiger partial charge in [0.15, 0.2) is 0 Å². The number of Topliss-reactive ketones (excluding diaryl/α,β-unsaturated/α-hetero) is 1. The normalized spacial score (nSPS) is 40.5. The number of ether oxygens (including phenoxy) is 1. The van der Waals surface area contributed by atoms with E-state index in [1.54, 1.807) is 18.5 Å². The predicted molar refractivity (Wildman–Crippen MR) is 139 cm³/mol. The topological polar surface area (TPSA) is 109 Å². The molecule has 1 aromatic heterocycles. The molecule has 4 rings (SSSR count). The van der Waals surface area contributed by atoms with E-state index in [9.17, 15) is 14.7 Å². The lowest BCUT2D eigenvalue weighted by Gasteiger charge is -2.62. The van der Waals surface area contributed by atoms with Crippen LogP contribution in [0.3, 0.4) is 0 Å². The van der Waals surface area contributed by atoms with Crippen molar-refractivity contribution in [2.45, 2.75) is 90.2 Å². The molecule has 3 aliphatic carbocycles. The summed E-state index contributed by atoms with van der Waals surface area (Å²) in [5.41, 5.74) is -0.497. The summed E-state index contributed by atoms with van der Waals surface area (Å²) in [7, 11) is 0. The van der Waals surface area contributed by atoms with Gasteiger partial charge in [-0.05, 0) is 60.8 Å². The van der Waals surface area contributed by atoms with Crippen molar-refractivity contribution in [2.24, 2.45) is 39.2 Å². The summed E-state index contributed by atoms with van der Waals surface area (Å²) in [5.74, 6) is 0.0813. The fourth-order valence-corrected chi connectivity index (χ4v) is 8.40. The van der Waals surface area contributed by atoms with E-state index in [-0.39, 0.29) is 40.7 Å². The summed E-state index contributed by atoms with van der Waals surface area (Å²) in [4.78, 5) is 31.6. The number of aromatic nitrogens is 1. The lowest BCUT2D eigenvalue weighted by atomic mass is 9.43. The number of hydrogen-bond donors (Lipinski definition) is 2. The van der Waals surface area contributed by atoms with Crippen LogP contribution >= 0.6 is 11.8 Å². The Morgan fingerprint density at radius 3 is 2.75 bits per heavy atom. The van der Waals surface area contributed by atoms with Crippen LogP contribution < -0.4 is 0 Å². The molecule has 7 nitrogen and oxygen atoms in total. The van der Waals surface area contributed by atoms with Crippen molar-refractivity contribution >= 4 is 29.7 Å². The van der Waals surface area contributed by atoms with Crippen LogP contribution in [0.1, 0.15) is 78.7 Å². The fourth-order valence-electron chi connectivity index (χ4n) is 7.69. The van der Waals surface area contributed by atoms with Crippen LogP contribution in [-0.4, -0.2) is 51.2 Å². The minimum Gasteiger partial charge on any atom is -0.461 e. The quantitative estimate of drug-likeness (QED) is 0.178. The van der Waals surface area contributed by atoms with Crippen molar-refractivity contribution in [1.29, 1.82) is 0 Å². The smallest absolute Gasteiger partial charge is 0.316 e. The third kappa shape index (κ3) is 4.38. The average molecular weight is 517 g/mol. The van der Waals surface area contributed by atoms with E-state index in [4.69, 9.17) is 9.94 Å². The highest BCUT2D eigenvalue weighted by Crippen LogP contribution is 2.68. The fraction of sp³-hybridized carbons (Fsp3) is 0.714. The summed E-state index contributed by atoms with van der Waals surface area (Å²) >= 11 is 1.32. The lowest BCUT2D eigenvalue weighted by molar-refractivity contribution is -0.211. The second kappa shape index (κ2) is 10.1. The third-order valence-corrected chi connectivity index (χ3v) is 11.2. The molecule has 36 heavy (non-hydrogen) atoms. The van der Waals surface area contributed by atoms with Gasteiger partial charge in [-0.1, -0.05) is 39.8 Å². The molecule has 0 amide bonds. The molecule has 8 heteroatoms. The predicted octanol–water partition coefficient (Wildman–Crippen LogP) is 5.11. The molecule has 0 aliphatic heterocycles. The van der Waals surface area contributed by atoms with Crippen LogP contribution in [0.4, 0.5) is 0 Å². The first-order valence-corrected chi connectivity index (χ1v) is 14.2. The number of rotatable bonds is 6. The van der Waals surface area contributed by atoms with E-state index in [0.717, 1.165) is 30.6 Å². The van der Waals surface area contributed by atoms with Crippen LogP contribution in [0.5, 0.6) is 0 Å². The number of nitrogens with zero attached hydrogens (tertiary/aromatic N) is 2. The van der Waals surface area contributed by atoms with E-state index in [0.29, 0.717) is 18.4 Å². The largest absolute Gasteiger partial charge is 0.461 e. The first-order valence-electron chi connectivity index (χ1n) is 13.2. The molecule has 1 unspecified atom stereocenters. The highest BCUT2D eigenvalue weighted by atomic mass is 32.2. The molecule has 0 aromatic carbocycles. The van der Waals surface area contributed by atoms with Gasteiger partial charge >= 0.3 is 5.97 Å². The van der Waals surface area contributed by atoms with Crippen molar-refractivity contribution in [3.63, 3.8) is 0 Å².